The number of ketones is 1. The van der Waals surface area contributed by atoms with Crippen LogP contribution in [0.3, 0.4) is 0 Å². The number of methoxy groups -OCH3 is 2. The van der Waals surface area contributed by atoms with Crippen molar-refractivity contribution >= 4 is 18.2 Å². The standard InChI is InChI=1S/C17H23NO3.ClH/c1-20-15-9-12-8-13(7-11-3-5-18-6-4-11)17(19)14(12)10-16(15)21-2;/h9-11,13,18H,3-8H2,1-2H3;1H. The average Bonchev–Trinajstić information content (AvgIpc) is 2.82. The third kappa shape index (κ3) is 3.23. The van der Waals surface area contributed by atoms with Crippen LogP contribution in [-0.4, -0.2) is 33.1 Å². The Morgan fingerprint density at radius 1 is 1.14 bits per heavy atom. The molecule has 3 rings (SSSR count). The number of benzene rings is 1. The molecular weight excluding hydrogens is 302 g/mol. The first-order chi connectivity index (χ1) is 10.2. The van der Waals surface area contributed by atoms with Crippen LogP contribution in [0.4, 0.5) is 0 Å². The Morgan fingerprint density at radius 3 is 2.41 bits per heavy atom. The number of Topliss-reactive ketones (excluding diaryl/α,β-unsaturated/α-hetero) is 1. The Kier molecular flexibility index (Phi) is 5.70. The lowest BCUT2D eigenvalue weighted by Crippen LogP contribution is -2.29. The first-order valence-electron chi connectivity index (χ1n) is 7.72. The molecule has 4 nitrogen and oxygen atoms in total. The highest BCUT2D eigenvalue weighted by Crippen LogP contribution is 2.39. The molecule has 1 aromatic rings. The zero-order valence-electron chi connectivity index (χ0n) is 13.2. The van der Waals surface area contributed by atoms with Crippen LogP contribution in [0, 0.1) is 11.8 Å². The van der Waals surface area contributed by atoms with Gasteiger partial charge in [-0.2, -0.15) is 0 Å². The van der Waals surface area contributed by atoms with Gasteiger partial charge in [0.1, 0.15) is 0 Å². The van der Waals surface area contributed by atoms with Gasteiger partial charge in [-0.05, 0) is 62.4 Å². The first kappa shape index (κ1) is 17.1. The Labute approximate surface area is 138 Å². The van der Waals surface area contributed by atoms with Crippen molar-refractivity contribution < 1.29 is 14.3 Å². The number of ether oxygens (including phenoxy) is 2. The second kappa shape index (κ2) is 7.34. The number of halogens is 1. The van der Waals surface area contributed by atoms with E-state index in [1.807, 2.05) is 12.1 Å². The summed E-state index contributed by atoms with van der Waals surface area (Å²) in [5.41, 5.74) is 1.93. The highest BCUT2D eigenvalue weighted by molar-refractivity contribution is 6.02. The van der Waals surface area contributed by atoms with Gasteiger partial charge < -0.3 is 14.8 Å². The molecule has 122 valence electrons. The Balaban J connectivity index is 0.00000176. The van der Waals surface area contributed by atoms with Gasteiger partial charge in [0.2, 0.25) is 0 Å². The van der Waals surface area contributed by atoms with Crippen molar-refractivity contribution in [2.45, 2.75) is 25.7 Å². The van der Waals surface area contributed by atoms with Gasteiger partial charge in [0.15, 0.2) is 17.3 Å². The molecule has 1 aromatic carbocycles. The molecule has 1 aliphatic carbocycles. The van der Waals surface area contributed by atoms with Gasteiger partial charge in [-0.3, -0.25) is 4.79 Å². The van der Waals surface area contributed by atoms with E-state index in [1.165, 1.54) is 12.8 Å². The van der Waals surface area contributed by atoms with E-state index in [4.69, 9.17) is 9.47 Å². The van der Waals surface area contributed by atoms with E-state index in [-0.39, 0.29) is 24.1 Å². The van der Waals surface area contributed by atoms with Crippen LogP contribution in [0.1, 0.15) is 35.2 Å². The minimum atomic E-state index is 0. The molecule has 0 saturated carbocycles. The largest absolute Gasteiger partial charge is 0.493 e. The maximum Gasteiger partial charge on any atom is 0.166 e. The molecule has 1 fully saturated rings. The second-order valence-corrected chi connectivity index (χ2v) is 6.06. The number of hydrogen-bond donors (Lipinski definition) is 1. The summed E-state index contributed by atoms with van der Waals surface area (Å²) in [6.07, 6.45) is 4.23. The summed E-state index contributed by atoms with van der Waals surface area (Å²) in [6, 6.07) is 3.81. The monoisotopic (exact) mass is 325 g/mol. The molecule has 1 unspecified atom stereocenters. The fraction of sp³-hybridized carbons (Fsp3) is 0.588. The van der Waals surface area contributed by atoms with Crippen LogP contribution in [0.2, 0.25) is 0 Å². The molecule has 1 atom stereocenters. The summed E-state index contributed by atoms with van der Waals surface area (Å²) >= 11 is 0. The van der Waals surface area contributed by atoms with Gasteiger partial charge in [0.25, 0.3) is 0 Å². The van der Waals surface area contributed by atoms with Crippen molar-refractivity contribution in [1.82, 2.24) is 5.32 Å². The lowest BCUT2D eigenvalue weighted by atomic mass is 9.86. The molecule has 0 radical (unpaired) electrons. The smallest absolute Gasteiger partial charge is 0.166 e. The molecular formula is C17H24ClNO3. The van der Waals surface area contributed by atoms with Crippen molar-refractivity contribution in [3.63, 3.8) is 0 Å². The van der Waals surface area contributed by atoms with Gasteiger partial charge in [0.05, 0.1) is 14.2 Å². The third-order valence-corrected chi connectivity index (χ3v) is 4.79. The summed E-state index contributed by atoms with van der Waals surface area (Å²) in [6.45, 7) is 2.17. The Morgan fingerprint density at radius 2 is 1.77 bits per heavy atom. The second-order valence-electron chi connectivity index (χ2n) is 6.06. The number of fused-ring (bicyclic) bond motifs is 1. The quantitative estimate of drug-likeness (QED) is 0.924. The maximum atomic E-state index is 12.6. The van der Waals surface area contributed by atoms with Crippen LogP contribution in [-0.2, 0) is 6.42 Å². The first-order valence-corrected chi connectivity index (χ1v) is 7.72. The molecule has 2 aliphatic rings. The lowest BCUT2D eigenvalue weighted by Gasteiger charge is -2.24. The summed E-state index contributed by atoms with van der Waals surface area (Å²) in [5.74, 6) is 2.46. The summed E-state index contributed by atoms with van der Waals surface area (Å²) in [4.78, 5) is 12.6. The molecule has 0 bridgehead atoms. The van der Waals surface area contributed by atoms with Gasteiger partial charge in [-0.15, -0.1) is 12.4 Å². The topological polar surface area (TPSA) is 47.6 Å². The number of hydrogen-bond acceptors (Lipinski definition) is 4. The lowest BCUT2D eigenvalue weighted by molar-refractivity contribution is 0.0913. The Hall–Kier alpha value is -1.26. The fourth-order valence-electron chi connectivity index (χ4n) is 3.61. The molecule has 0 spiro atoms. The molecule has 1 saturated heterocycles. The number of rotatable bonds is 4. The molecule has 0 aromatic heterocycles. The number of carbonyl (C=O) groups excluding carboxylic acids is 1. The van der Waals surface area contributed by atoms with E-state index < -0.39 is 0 Å². The SMILES string of the molecule is COc1cc2c(cc1OC)C(=O)C(CC1CCNCC1)C2.Cl. The van der Waals surface area contributed by atoms with E-state index in [0.717, 1.165) is 37.1 Å². The van der Waals surface area contributed by atoms with Crippen LogP contribution < -0.4 is 14.8 Å². The van der Waals surface area contributed by atoms with Gasteiger partial charge in [-0.1, -0.05) is 0 Å². The van der Waals surface area contributed by atoms with E-state index in [9.17, 15) is 4.79 Å². The molecule has 1 N–H and O–H groups in total. The van der Waals surface area contributed by atoms with Crippen LogP contribution in [0.5, 0.6) is 11.5 Å². The predicted molar refractivity (Wildman–Crippen MR) is 88.5 cm³/mol. The van der Waals surface area contributed by atoms with Gasteiger partial charge >= 0.3 is 0 Å². The average molecular weight is 326 g/mol. The minimum Gasteiger partial charge on any atom is -0.493 e. The van der Waals surface area contributed by atoms with Crippen LogP contribution >= 0.6 is 12.4 Å². The van der Waals surface area contributed by atoms with E-state index >= 15 is 0 Å². The minimum absolute atomic E-state index is 0. The zero-order valence-corrected chi connectivity index (χ0v) is 14.0. The van der Waals surface area contributed by atoms with Crippen LogP contribution in [0.25, 0.3) is 0 Å². The molecule has 0 amide bonds. The van der Waals surface area contributed by atoms with Crippen LogP contribution in [0.15, 0.2) is 12.1 Å². The number of carbonyl (C=O) groups is 1. The van der Waals surface area contributed by atoms with Crippen molar-refractivity contribution in [3.8, 4) is 11.5 Å². The summed E-state index contributed by atoms with van der Waals surface area (Å²) in [5, 5.41) is 3.38. The van der Waals surface area contributed by atoms with Gasteiger partial charge in [0, 0.05) is 11.5 Å². The van der Waals surface area contributed by atoms with Crippen molar-refractivity contribution in [1.29, 1.82) is 0 Å². The van der Waals surface area contributed by atoms with E-state index in [2.05, 4.69) is 5.32 Å². The predicted octanol–water partition coefficient (Wildman–Crippen LogP) is 2.87. The summed E-state index contributed by atoms with van der Waals surface area (Å²) in [7, 11) is 3.24. The maximum absolute atomic E-state index is 12.6. The zero-order chi connectivity index (χ0) is 14.8. The molecule has 5 heteroatoms. The van der Waals surface area contributed by atoms with E-state index in [0.29, 0.717) is 17.4 Å². The highest BCUT2D eigenvalue weighted by atomic mass is 35.5. The normalized spacial score (nSPS) is 21.2. The fourth-order valence-corrected chi connectivity index (χ4v) is 3.61. The van der Waals surface area contributed by atoms with Crippen molar-refractivity contribution in [2.75, 3.05) is 27.3 Å². The number of piperidine rings is 1. The summed E-state index contributed by atoms with van der Waals surface area (Å²) < 4.78 is 10.6. The third-order valence-electron chi connectivity index (χ3n) is 4.79. The molecule has 1 heterocycles. The van der Waals surface area contributed by atoms with Crippen molar-refractivity contribution in [2.24, 2.45) is 11.8 Å². The molecule has 22 heavy (non-hydrogen) atoms. The van der Waals surface area contributed by atoms with Crippen molar-refractivity contribution in [3.05, 3.63) is 23.3 Å². The van der Waals surface area contributed by atoms with E-state index in [1.54, 1.807) is 14.2 Å². The molecule has 1 aliphatic heterocycles. The Bertz CT molecular complexity index is 541. The highest BCUT2D eigenvalue weighted by Gasteiger charge is 2.33. The van der Waals surface area contributed by atoms with Gasteiger partial charge in [-0.25, -0.2) is 0 Å². The number of nitrogens with one attached hydrogen (secondary N) is 1.